The van der Waals surface area contributed by atoms with Crippen LogP contribution in [0.5, 0.6) is 0 Å². The van der Waals surface area contributed by atoms with Gasteiger partial charge in [0.25, 0.3) is 0 Å². The van der Waals surface area contributed by atoms with Gasteiger partial charge in [-0.15, -0.1) is 0 Å². The van der Waals surface area contributed by atoms with Gasteiger partial charge in [-0.2, -0.15) is 0 Å². The molecule has 0 amide bonds. The number of nitrogens with one attached hydrogen (secondary N) is 3. The van der Waals surface area contributed by atoms with Crippen LogP contribution in [-0.2, 0) is 4.74 Å². The van der Waals surface area contributed by atoms with E-state index in [2.05, 4.69) is 43.0 Å². The highest BCUT2D eigenvalue weighted by atomic mass is 16.5. The fraction of sp³-hybridized carbons (Fsp3) is 0.562. The molecule has 0 spiro atoms. The summed E-state index contributed by atoms with van der Waals surface area (Å²) in [5.74, 6) is 0. The Labute approximate surface area is 125 Å². The summed E-state index contributed by atoms with van der Waals surface area (Å²) >= 11 is 0. The number of aromatic nitrogens is 2. The van der Waals surface area contributed by atoms with Crippen LogP contribution in [0.2, 0.25) is 0 Å². The first-order valence-corrected chi connectivity index (χ1v) is 7.34. The molecular weight excluding hydrogens is 266 g/mol. The zero-order valence-corrected chi connectivity index (χ0v) is 13.4. The van der Waals surface area contributed by atoms with Crippen LogP contribution in [0.1, 0.15) is 45.7 Å². The van der Waals surface area contributed by atoms with E-state index in [1.165, 1.54) is 0 Å². The number of fused-ring (bicyclic) bond motifs is 1. The molecule has 0 fully saturated rings. The second-order valence-corrected chi connectivity index (χ2v) is 6.34. The molecule has 1 aromatic heterocycles. The van der Waals surface area contributed by atoms with Gasteiger partial charge in [0.15, 0.2) is 0 Å². The molecule has 116 valence electrons. The molecule has 1 heterocycles. The van der Waals surface area contributed by atoms with Crippen LogP contribution in [-0.4, -0.2) is 28.7 Å². The lowest BCUT2D eigenvalue weighted by molar-refractivity contribution is 0.00782. The number of hydrogen-bond acceptors (Lipinski definition) is 3. The normalized spacial score (nSPS) is 15.3. The SMILES string of the molecule is COC(C)(C)CC(C)NC(C)c1ccc2[nH]c(=O)[nH]c2c1. The van der Waals surface area contributed by atoms with Gasteiger partial charge in [0.05, 0.1) is 16.6 Å². The summed E-state index contributed by atoms with van der Waals surface area (Å²) < 4.78 is 5.47. The Hall–Kier alpha value is -1.59. The lowest BCUT2D eigenvalue weighted by Crippen LogP contribution is -2.36. The van der Waals surface area contributed by atoms with Crippen LogP contribution in [0, 0.1) is 0 Å². The van der Waals surface area contributed by atoms with Gasteiger partial charge in [-0.05, 0) is 51.8 Å². The van der Waals surface area contributed by atoms with Crippen molar-refractivity contribution in [3.63, 3.8) is 0 Å². The van der Waals surface area contributed by atoms with Gasteiger partial charge < -0.3 is 20.0 Å². The van der Waals surface area contributed by atoms with E-state index in [-0.39, 0.29) is 17.3 Å². The van der Waals surface area contributed by atoms with E-state index >= 15 is 0 Å². The van der Waals surface area contributed by atoms with Gasteiger partial charge in [0, 0.05) is 19.2 Å². The number of benzene rings is 1. The van der Waals surface area contributed by atoms with E-state index in [9.17, 15) is 4.79 Å². The van der Waals surface area contributed by atoms with E-state index in [4.69, 9.17) is 4.74 Å². The number of hydrogen-bond donors (Lipinski definition) is 3. The van der Waals surface area contributed by atoms with Crippen molar-refractivity contribution in [2.75, 3.05) is 7.11 Å². The Morgan fingerprint density at radius 1 is 1.24 bits per heavy atom. The molecule has 0 radical (unpaired) electrons. The Morgan fingerprint density at radius 3 is 2.57 bits per heavy atom. The smallest absolute Gasteiger partial charge is 0.323 e. The first-order valence-electron chi connectivity index (χ1n) is 7.34. The zero-order valence-electron chi connectivity index (χ0n) is 13.4. The van der Waals surface area contributed by atoms with E-state index in [0.29, 0.717) is 6.04 Å². The van der Waals surface area contributed by atoms with Crippen LogP contribution in [0.15, 0.2) is 23.0 Å². The van der Waals surface area contributed by atoms with Gasteiger partial charge in [-0.1, -0.05) is 6.07 Å². The van der Waals surface area contributed by atoms with Gasteiger partial charge in [-0.25, -0.2) is 4.79 Å². The van der Waals surface area contributed by atoms with Crippen molar-refractivity contribution in [3.8, 4) is 0 Å². The molecular formula is C16H25N3O2. The molecule has 5 nitrogen and oxygen atoms in total. The maximum absolute atomic E-state index is 11.3. The molecule has 0 saturated carbocycles. The van der Waals surface area contributed by atoms with Gasteiger partial charge in [0.2, 0.25) is 0 Å². The summed E-state index contributed by atoms with van der Waals surface area (Å²) in [6, 6.07) is 6.52. The highest BCUT2D eigenvalue weighted by molar-refractivity contribution is 5.75. The predicted molar refractivity (Wildman–Crippen MR) is 85.6 cm³/mol. The molecule has 2 rings (SSSR count). The number of aromatic amines is 2. The minimum Gasteiger partial charge on any atom is -0.379 e. The van der Waals surface area contributed by atoms with Crippen molar-refractivity contribution in [1.29, 1.82) is 0 Å². The molecule has 0 bridgehead atoms. The second kappa shape index (κ2) is 6.03. The minimum atomic E-state index is -0.169. The third-order valence-corrected chi connectivity index (χ3v) is 3.92. The molecule has 2 atom stereocenters. The molecule has 21 heavy (non-hydrogen) atoms. The van der Waals surface area contributed by atoms with E-state index in [1.54, 1.807) is 7.11 Å². The minimum absolute atomic E-state index is 0.137. The lowest BCUT2D eigenvalue weighted by atomic mass is 9.98. The summed E-state index contributed by atoms with van der Waals surface area (Å²) in [7, 11) is 1.74. The second-order valence-electron chi connectivity index (χ2n) is 6.34. The summed E-state index contributed by atoms with van der Waals surface area (Å²) in [4.78, 5) is 16.8. The molecule has 0 saturated heterocycles. The Balaban J connectivity index is 2.07. The molecule has 2 unspecified atom stereocenters. The number of H-pyrrole nitrogens is 2. The topological polar surface area (TPSA) is 69.9 Å². The average Bonchev–Trinajstić information content (AvgIpc) is 2.76. The number of rotatable bonds is 6. The van der Waals surface area contributed by atoms with Crippen molar-refractivity contribution < 1.29 is 4.74 Å². The van der Waals surface area contributed by atoms with Gasteiger partial charge >= 0.3 is 5.69 Å². The first-order chi connectivity index (χ1) is 9.80. The van der Waals surface area contributed by atoms with Gasteiger partial charge in [0.1, 0.15) is 0 Å². The maximum Gasteiger partial charge on any atom is 0.323 e. The quantitative estimate of drug-likeness (QED) is 0.766. The Kier molecular flexibility index (Phi) is 4.54. The van der Waals surface area contributed by atoms with Crippen molar-refractivity contribution in [2.45, 2.75) is 51.8 Å². The Morgan fingerprint density at radius 2 is 1.90 bits per heavy atom. The lowest BCUT2D eigenvalue weighted by Gasteiger charge is -2.29. The molecule has 1 aromatic carbocycles. The van der Waals surface area contributed by atoms with Crippen LogP contribution >= 0.6 is 0 Å². The summed E-state index contributed by atoms with van der Waals surface area (Å²) in [5.41, 5.74) is 2.53. The van der Waals surface area contributed by atoms with Crippen LogP contribution < -0.4 is 11.0 Å². The standard InChI is InChI=1S/C16H25N3O2/c1-10(9-16(3,4)21-5)17-11(2)12-6-7-13-14(8-12)19-15(20)18-13/h6-8,10-11,17H,9H2,1-5H3,(H2,18,19,20). The molecule has 0 aliphatic rings. The number of ether oxygens (including phenoxy) is 1. The Bertz CT molecular complexity index is 657. The third kappa shape index (κ3) is 3.95. The molecule has 3 N–H and O–H groups in total. The van der Waals surface area contributed by atoms with E-state index < -0.39 is 0 Å². The molecule has 0 aliphatic heterocycles. The average molecular weight is 291 g/mol. The first kappa shape index (κ1) is 15.8. The number of methoxy groups -OCH3 is 1. The molecule has 5 heteroatoms. The van der Waals surface area contributed by atoms with E-state index in [1.807, 2.05) is 18.2 Å². The van der Waals surface area contributed by atoms with Crippen molar-refractivity contribution in [3.05, 3.63) is 34.2 Å². The third-order valence-electron chi connectivity index (χ3n) is 3.92. The van der Waals surface area contributed by atoms with Crippen LogP contribution in [0.25, 0.3) is 11.0 Å². The molecule has 0 aliphatic carbocycles. The fourth-order valence-electron chi connectivity index (χ4n) is 2.72. The highest BCUT2D eigenvalue weighted by Crippen LogP contribution is 2.20. The predicted octanol–water partition coefficient (Wildman–Crippen LogP) is 2.71. The zero-order chi connectivity index (χ0) is 15.6. The van der Waals surface area contributed by atoms with Gasteiger partial charge in [-0.3, -0.25) is 0 Å². The van der Waals surface area contributed by atoms with E-state index in [0.717, 1.165) is 23.0 Å². The van der Waals surface area contributed by atoms with Crippen LogP contribution in [0.3, 0.4) is 0 Å². The van der Waals surface area contributed by atoms with Crippen LogP contribution in [0.4, 0.5) is 0 Å². The summed E-state index contributed by atoms with van der Waals surface area (Å²) in [5, 5.41) is 3.58. The summed E-state index contributed by atoms with van der Waals surface area (Å²) in [6.45, 7) is 8.47. The van der Waals surface area contributed by atoms with Crippen molar-refractivity contribution >= 4 is 11.0 Å². The summed E-state index contributed by atoms with van der Waals surface area (Å²) in [6.07, 6.45) is 0.928. The fourth-order valence-corrected chi connectivity index (χ4v) is 2.72. The highest BCUT2D eigenvalue weighted by Gasteiger charge is 2.21. The number of imidazole rings is 1. The monoisotopic (exact) mass is 291 g/mol. The molecule has 2 aromatic rings. The van der Waals surface area contributed by atoms with Crippen molar-refractivity contribution in [2.24, 2.45) is 0 Å². The maximum atomic E-state index is 11.3. The largest absolute Gasteiger partial charge is 0.379 e. The van der Waals surface area contributed by atoms with Crippen molar-refractivity contribution in [1.82, 2.24) is 15.3 Å².